The Morgan fingerprint density at radius 3 is 2.81 bits per heavy atom. The van der Waals surface area contributed by atoms with Gasteiger partial charge in [-0.1, -0.05) is 35.9 Å². The van der Waals surface area contributed by atoms with E-state index < -0.39 is 6.04 Å². The highest BCUT2D eigenvalue weighted by molar-refractivity contribution is 6.32. The fourth-order valence-electron chi connectivity index (χ4n) is 3.79. The highest BCUT2D eigenvalue weighted by atomic mass is 35.5. The van der Waals surface area contributed by atoms with Crippen molar-refractivity contribution in [1.29, 1.82) is 0 Å². The van der Waals surface area contributed by atoms with Crippen LogP contribution in [0.3, 0.4) is 0 Å². The standard InChI is InChI=1S/C23H25ClN4O4/c1-27(16-7-3-2-4-8-16)19(30)9-5-6-12-32-21-17(24)11-10-15-13-28-18(14-29)22(31)26-23(28)25-20(15)21/h2-4,7-8,10-11,18,29H,5-6,9,12-14H2,1H3,(H,25,26,31). The molecular formula is C23H25ClN4O4. The van der Waals surface area contributed by atoms with Crippen molar-refractivity contribution in [3.63, 3.8) is 0 Å². The summed E-state index contributed by atoms with van der Waals surface area (Å²) in [5, 5.41) is 12.6. The molecule has 1 saturated heterocycles. The third-order valence-electron chi connectivity index (χ3n) is 5.63. The number of unbranched alkanes of at least 4 members (excludes halogenated alkanes) is 1. The molecule has 1 atom stereocenters. The van der Waals surface area contributed by atoms with Crippen LogP contribution >= 0.6 is 11.6 Å². The number of aliphatic hydroxyl groups excluding tert-OH is 1. The van der Waals surface area contributed by atoms with Crippen molar-refractivity contribution >= 4 is 40.7 Å². The van der Waals surface area contributed by atoms with Crippen molar-refractivity contribution in [3.05, 3.63) is 53.1 Å². The van der Waals surface area contributed by atoms with E-state index in [9.17, 15) is 14.7 Å². The number of aliphatic hydroxyl groups is 1. The van der Waals surface area contributed by atoms with Crippen molar-refractivity contribution < 1.29 is 19.4 Å². The molecule has 2 aromatic carbocycles. The first-order valence-corrected chi connectivity index (χ1v) is 10.9. The first-order chi connectivity index (χ1) is 15.5. The van der Waals surface area contributed by atoms with Crippen LogP contribution in [0.4, 0.5) is 11.4 Å². The zero-order chi connectivity index (χ0) is 22.7. The predicted molar refractivity (Wildman–Crippen MR) is 122 cm³/mol. The number of nitrogens with zero attached hydrogens (tertiary/aromatic N) is 3. The maximum absolute atomic E-state index is 12.4. The number of halogens is 1. The zero-order valence-corrected chi connectivity index (χ0v) is 18.5. The van der Waals surface area contributed by atoms with Crippen LogP contribution in [0.25, 0.3) is 0 Å². The Bertz CT molecular complexity index is 1040. The number of benzene rings is 2. The van der Waals surface area contributed by atoms with Crippen LogP contribution in [0.5, 0.6) is 5.75 Å². The number of para-hydroxylation sites is 1. The molecule has 2 aliphatic rings. The van der Waals surface area contributed by atoms with E-state index in [4.69, 9.17) is 16.3 Å². The molecule has 0 aliphatic carbocycles. The molecule has 0 radical (unpaired) electrons. The molecule has 2 amide bonds. The van der Waals surface area contributed by atoms with Gasteiger partial charge in [-0.25, -0.2) is 4.99 Å². The van der Waals surface area contributed by atoms with E-state index in [2.05, 4.69) is 10.3 Å². The molecule has 2 N–H and O–H groups in total. The van der Waals surface area contributed by atoms with Gasteiger partial charge in [0.15, 0.2) is 5.75 Å². The molecule has 0 spiro atoms. The molecule has 0 saturated carbocycles. The number of fused-ring (bicyclic) bond motifs is 2. The third-order valence-corrected chi connectivity index (χ3v) is 5.93. The third kappa shape index (κ3) is 4.42. The van der Waals surface area contributed by atoms with Crippen molar-refractivity contribution in [2.75, 3.05) is 25.2 Å². The number of carbonyl (C=O) groups is 2. The van der Waals surface area contributed by atoms with Crippen LogP contribution < -0.4 is 15.0 Å². The molecule has 1 fully saturated rings. The fourth-order valence-corrected chi connectivity index (χ4v) is 4.00. The van der Waals surface area contributed by atoms with Gasteiger partial charge in [-0.3, -0.25) is 14.9 Å². The average molecular weight is 457 g/mol. The summed E-state index contributed by atoms with van der Waals surface area (Å²) in [7, 11) is 1.77. The van der Waals surface area contributed by atoms with Crippen LogP contribution in [0.1, 0.15) is 24.8 Å². The van der Waals surface area contributed by atoms with Gasteiger partial charge in [-0.05, 0) is 31.0 Å². The summed E-state index contributed by atoms with van der Waals surface area (Å²) < 4.78 is 5.95. The summed E-state index contributed by atoms with van der Waals surface area (Å²) in [6.45, 7) is 0.528. The monoisotopic (exact) mass is 456 g/mol. The quantitative estimate of drug-likeness (QED) is 0.596. The van der Waals surface area contributed by atoms with E-state index in [-0.39, 0.29) is 18.4 Å². The number of hydrogen-bond donors (Lipinski definition) is 2. The SMILES string of the molecule is CN(C(=O)CCCCOc1c(Cl)ccc2c1N=C1NC(=O)C(CO)N1C2)c1ccccc1. The number of rotatable bonds is 8. The van der Waals surface area contributed by atoms with Crippen molar-refractivity contribution in [2.45, 2.75) is 31.8 Å². The summed E-state index contributed by atoms with van der Waals surface area (Å²) in [6.07, 6.45) is 1.78. The normalized spacial score (nSPS) is 16.7. The predicted octanol–water partition coefficient (Wildman–Crippen LogP) is 2.85. The number of carbonyl (C=O) groups excluding carboxylic acids is 2. The lowest BCUT2D eigenvalue weighted by Crippen LogP contribution is -2.39. The molecule has 2 heterocycles. The second-order valence-electron chi connectivity index (χ2n) is 7.73. The fraction of sp³-hybridized carbons (Fsp3) is 0.348. The molecule has 0 aromatic heterocycles. The number of amides is 2. The Morgan fingerprint density at radius 2 is 2.06 bits per heavy atom. The van der Waals surface area contributed by atoms with E-state index in [0.717, 1.165) is 11.3 Å². The molecule has 1 unspecified atom stereocenters. The summed E-state index contributed by atoms with van der Waals surface area (Å²) in [5.74, 6) is 0.625. The topological polar surface area (TPSA) is 94.5 Å². The van der Waals surface area contributed by atoms with Crippen molar-refractivity contribution in [3.8, 4) is 5.75 Å². The molecule has 168 valence electrons. The van der Waals surface area contributed by atoms with Gasteiger partial charge in [-0.2, -0.15) is 0 Å². The summed E-state index contributed by atoms with van der Waals surface area (Å²) >= 11 is 6.37. The minimum atomic E-state index is -0.645. The molecule has 0 bridgehead atoms. The minimum absolute atomic E-state index is 0.0493. The summed E-state index contributed by atoms with van der Waals surface area (Å²) in [4.78, 5) is 32.3. The number of guanidine groups is 1. The lowest BCUT2D eigenvalue weighted by Gasteiger charge is -2.28. The lowest BCUT2D eigenvalue weighted by atomic mass is 10.1. The molecule has 32 heavy (non-hydrogen) atoms. The second kappa shape index (κ2) is 9.58. The first-order valence-electron chi connectivity index (χ1n) is 10.5. The summed E-state index contributed by atoms with van der Waals surface area (Å²) in [6, 6.07) is 12.5. The molecule has 9 heteroatoms. The Hall–Kier alpha value is -3.10. The van der Waals surface area contributed by atoms with Crippen molar-refractivity contribution in [1.82, 2.24) is 10.2 Å². The van der Waals surface area contributed by atoms with Gasteiger partial charge < -0.3 is 19.6 Å². The van der Waals surface area contributed by atoms with Gasteiger partial charge in [0, 0.05) is 31.3 Å². The van der Waals surface area contributed by atoms with E-state index in [1.54, 1.807) is 22.9 Å². The Balaban J connectivity index is 1.34. The molecule has 8 nitrogen and oxygen atoms in total. The van der Waals surface area contributed by atoms with Gasteiger partial charge in [0.25, 0.3) is 5.91 Å². The van der Waals surface area contributed by atoms with Gasteiger partial charge in [0.1, 0.15) is 11.7 Å². The molecule has 4 rings (SSSR count). The number of nitrogens with one attached hydrogen (secondary N) is 1. The second-order valence-corrected chi connectivity index (χ2v) is 8.14. The minimum Gasteiger partial charge on any atom is -0.490 e. The van der Waals surface area contributed by atoms with Crippen LogP contribution in [0, 0.1) is 0 Å². The van der Waals surface area contributed by atoms with E-state index >= 15 is 0 Å². The maximum Gasteiger partial charge on any atom is 0.251 e. The Kier molecular flexibility index (Phi) is 6.62. The number of anilines is 1. The maximum atomic E-state index is 12.4. The summed E-state index contributed by atoms with van der Waals surface area (Å²) in [5.41, 5.74) is 2.32. The van der Waals surface area contributed by atoms with Crippen LogP contribution in [0.2, 0.25) is 5.02 Å². The van der Waals surface area contributed by atoms with Gasteiger partial charge in [-0.15, -0.1) is 0 Å². The van der Waals surface area contributed by atoms with E-state index in [0.29, 0.717) is 54.8 Å². The van der Waals surface area contributed by atoms with Gasteiger partial charge in [0.2, 0.25) is 11.9 Å². The number of aliphatic imine (C=N–C) groups is 1. The number of ether oxygens (including phenoxy) is 1. The number of hydrogen-bond acceptors (Lipinski definition) is 6. The largest absolute Gasteiger partial charge is 0.490 e. The van der Waals surface area contributed by atoms with Gasteiger partial charge in [0.05, 0.1) is 18.2 Å². The zero-order valence-electron chi connectivity index (χ0n) is 17.8. The van der Waals surface area contributed by atoms with Gasteiger partial charge >= 0.3 is 0 Å². The van der Waals surface area contributed by atoms with E-state index in [1.807, 2.05) is 36.4 Å². The van der Waals surface area contributed by atoms with Crippen LogP contribution in [0.15, 0.2) is 47.5 Å². The van der Waals surface area contributed by atoms with Crippen LogP contribution in [-0.2, 0) is 16.1 Å². The van der Waals surface area contributed by atoms with E-state index in [1.165, 1.54) is 0 Å². The highest BCUT2D eigenvalue weighted by Crippen LogP contribution is 2.41. The highest BCUT2D eigenvalue weighted by Gasteiger charge is 2.39. The molecular weight excluding hydrogens is 432 g/mol. The molecule has 2 aliphatic heterocycles. The lowest BCUT2D eigenvalue weighted by molar-refractivity contribution is -0.122. The van der Waals surface area contributed by atoms with Crippen LogP contribution in [-0.4, -0.2) is 54.1 Å². The Labute approximate surface area is 191 Å². The Morgan fingerprint density at radius 1 is 1.28 bits per heavy atom. The first kappa shape index (κ1) is 22.1. The average Bonchev–Trinajstić information content (AvgIpc) is 3.12. The van der Waals surface area contributed by atoms with Crippen molar-refractivity contribution in [2.24, 2.45) is 4.99 Å². The molecule has 2 aromatic rings. The smallest absolute Gasteiger partial charge is 0.251 e.